The van der Waals surface area contributed by atoms with E-state index in [2.05, 4.69) is 6.07 Å². The number of aliphatic carboxylic acids is 1. The second-order valence-corrected chi connectivity index (χ2v) is 6.16. The standard InChI is InChI=1S/C19H19NO4/c1-12-7-13(2)9-17(8-12)24-16-5-3-15(4-6-16)20-11-14(19(22)23)10-18(20)21/h3-9,14H,10-11H2,1-2H3,(H,22,23)/t14-/m1/s1. The van der Waals surface area contributed by atoms with Crippen molar-refractivity contribution in [2.75, 3.05) is 11.4 Å². The summed E-state index contributed by atoms with van der Waals surface area (Å²) in [6.07, 6.45) is 0.0517. The first kappa shape index (κ1) is 16.1. The lowest BCUT2D eigenvalue weighted by atomic mass is 10.1. The minimum atomic E-state index is -0.930. The Morgan fingerprint density at radius 3 is 2.25 bits per heavy atom. The molecule has 3 rings (SSSR count). The summed E-state index contributed by atoms with van der Waals surface area (Å²) in [7, 11) is 0. The zero-order chi connectivity index (χ0) is 17.3. The van der Waals surface area contributed by atoms with Gasteiger partial charge in [-0.2, -0.15) is 0 Å². The number of carbonyl (C=O) groups excluding carboxylic acids is 1. The molecule has 1 aliphatic rings. The number of hydrogen-bond acceptors (Lipinski definition) is 3. The first-order valence-corrected chi connectivity index (χ1v) is 7.82. The van der Waals surface area contributed by atoms with Crippen molar-refractivity contribution in [2.24, 2.45) is 5.92 Å². The van der Waals surface area contributed by atoms with Crippen LogP contribution in [-0.4, -0.2) is 23.5 Å². The third kappa shape index (κ3) is 3.40. The predicted molar refractivity (Wildman–Crippen MR) is 90.5 cm³/mol. The predicted octanol–water partition coefficient (Wildman–Crippen LogP) is 3.53. The fourth-order valence-electron chi connectivity index (χ4n) is 2.94. The number of ether oxygens (including phenoxy) is 1. The quantitative estimate of drug-likeness (QED) is 0.934. The summed E-state index contributed by atoms with van der Waals surface area (Å²) < 4.78 is 5.85. The van der Waals surface area contributed by atoms with Crippen LogP contribution in [0.1, 0.15) is 17.5 Å². The van der Waals surface area contributed by atoms with Crippen LogP contribution in [0.25, 0.3) is 0 Å². The van der Waals surface area contributed by atoms with Gasteiger partial charge in [-0.05, 0) is 61.4 Å². The van der Waals surface area contributed by atoms with Crippen molar-refractivity contribution in [3.05, 3.63) is 53.6 Å². The van der Waals surface area contributed by atoms with Gasteiger partial charge in [0, 0.05) is 18.7 Å². The van der Waals surface area contributed by atoms with E-state index in [0.29, 0.717) is 11.4 Å². The highest BCUT2D eigenvalue weighted by Gasteiger charge is 2.34. The first-order chi connectivity index (χ1) is 11.4. The summed E-state index contributed by atoms with van der Waals surface area (Å²) >= 11 is 0. The molecular weight excluding hydrogens is 306 g/mol. The maximum Gasteiger partial charge on any atom is 0.308 e. The van der Waals surface area contributed by atoms with Crippen LogP contribution in [0.2, 0.25) is 0 Å². The van der Waals surface area contributed by atoms with Gasteiger partial charge in [0.15, 0.2) is 0 Å². The Morgan fingerprint density at radius 1 is 1.08 bits per heavy atom. The number of carbonyl (C=O) groups is 2. The number of carboxylic acids is 1. The number of benzene rings is 2. The number of aryl methyl sites for hydroxylation is 2. The van der Waals surface area contributed by atoms with E-state index in [4.69, 9.17) is 9.84 Å². The normalized spacial score (nSPS) is 17.2. The molecule has 0 radical (unpaired) electrons. The minimum Gasteiger partial charge on any atom is -0.481 e. The molecule has 2 aromatic carbocycles. The molecule has 5 nitrogen and oxygen atoms in total. The molecule has 1 fully saturated rings. The molecule has 1 saturated heterocycles. The van der Waals surface area contributed by atoms with Crippen LogP contribution in [0.3, 0.4) is 0 Å². The smallest absolute Gasteiger partial charge is 0.308 e. The van der Waals surface area contributed by atoms with E-state index in [-0.39, 0.29) is 18.9 Å². The van der Waals surface area contributed by atoms with Gasteiger partial charge in [-0.15, -0.1) is 0 Å². The van der Waals surface area contributed by atoms with Gasteiger partial charge in [0.2, 0.25) is 5.91 Å². The molecule has 1 aliphatic heterocycles. The molecule has 0 bridgehead atoms. The van der Waals surface area contributed by atoms with Gasteiger partial charge >= 0.3 is 5.97 Å². The van der Waals surface area contributed by atoms with Gasteiger partial charge in [-0.3, -0.25) is 9.59 Å². The van der Waals surface area contributed by atoms with Crippen LogP contribution < -0.4 is 9.64 Å². The Hall–Kier alpha value is -2.82. The Labute approximate surface area is 140 Å². The number of rotatable bonds is 4. The second-order valence-electron chi connectivity index (χ2n) is 6.16. The van der Waals surface area contributed by atoms with E-state index in [1.54, 1.807) is 24.3 Å². The summed E-state index contributed by atoms with van der Waals surface area (Å²) in [5.74, 6) is -0.289. The van der Waals surface area contributed by atoms with Crippen molar-refractivity contribution in [1.82, 2.24) is 0 Å². The third-order valence-corrected chi connectivity index (χ3v) is 4.05. The van der Waals surface area contributed by atoms with Gasteiger partial charge in [0.1, 0.15) is 11.5 Å². The first-order valence-electron chi connectivity index (χ1n) is 7.82. The van der Waals surface area contributed by atoms with E-state index in [9.17, 15) is 9.59 Å². The van der Waals surface area contributed by atoms with E-state index in [1.807, 2.05) is 26.0 Å². The highest BCUT2D eigenvalue weighted by molar-refractivity contribution is 5.99. The molecular formula is C19H19NO4. The third-order valence-electron chi connectivity index (χ3n) is 4.05. The van der Waals surface area contributed by atoms with E-state index in [1.165, 1.54) is 4.90 Å². The van der Waals surface area contributed by atoms with E-state index in [0.717, 1.165) is 16.9 Å². The molecule has 124 valence electrons. The summed E-state index contributed by atoms with van der Waals surface area (Å²) in [5.41, 5.74) is 2.95. The Kier molecular flexibility index (Phi) is 4.25. The van der Waals surface area contributed by atoms with Crippen molar-refractivity contribution in [3.63, 3.8) is 0 Å². The lowest BCUT2D eigenvalue weighted by Gasteiger charge is -2.16. The highest BCUT2D eigenvalue weighted by Crippen LogP contribution is 2.29. The Morgan fingerprint density at radius 2 is 1.71 bits per heavy atom. The van der Waals surface area contributed by atoms with Gasteiger partial charge in [0.05, 0.1) is 5.92 Å². The van der Waals surface area contributed by atoms with Crippen molar-refractivity contribution in [3.8, 4) is 11.5 Å². The van der Waals surface area contributed by atoms with Crippen LogP contribution in [0.15, 0.2) is 42.5 Å². The van der Waals surface area contributed by atoms with E-state index >= 15 is 0 Å². The van der Waals surface area contributed by atoms with Gasteiger partial charge in [0.25, 0.3) is 0 Å². The summed E-state index contributed by atoms with van der Waals surface area (Å²) in [6, 6.07) is 13.1. The number of anilines is 1. The van der Waals surface area contributed by atoms with Gasteiger partial charge < -0.3 is 14.7 Å². The summed E-state index contributed by atoms with van der Waals surface area (Å²) in [6.45, 7) is 4.24. The number of hydrogen-bond donors (Lipinski definition) is 1. The van der Waals surface area contributed by atoms with Crippen molar-refractivity contribution in [2.45, 2.75) is 20.3 Å². The highest BCUT2D eigenvalue weighted by atomic mass is 16.5. The monoisotopic (exact) mass is 325 g/mol. The maximum absolute atomic E-state index is 12.0. The van der Waals surface area contributed by atoms with Crippen molar-refractivity contribution >= 4 is 17.6 Å². The van der Waals surface area contributed by atoms with Crippen LogP contribution in [0, 0.1) is 19.8 Å². The molecule has 1 heterocycles. The van der Waals surface area contributed by atoms with Crippen LogP contribution in [-0.2, 0) is 9.59 Å². The maximum atomic E-state index is 12.0. The largest absolute Gasteiger partial charge is 0.481 e. The molecule has 5 heteroatoms. The van der Waals surface area contributed by atoms with Crippen LogP contribution in [0.4, 0.5) is 5.69 Å². The minimum absolute atomic E-state index is 0.0517. The molecule has 24 heavy (non-hydrogen) atoms. The van der Waals surface area contributed by atoms with Gasteiger partial charge in [-0.1, -0.05) is 6.07 Å². The molecule has 0 aliphatic carbocycles. The average molecular weight is 325 g/mol. The van der Waals surface area contributed by atoms with Crippen molar-refractivity contribution < 1.29 is 19.4 Å². The molecule has 0 unspecified atom stereocenters. The number of nitrogens with zero attached hydrogens (tertiary/aromatic N) is 1. The molecule has 1 atom stereocenters. The number of amides is 1. The molecule has 1 amide bonds. The molecule has 0 aromatic heterocycles. The SMILES string of the molecule is Cc1cc(C)cc(Oc2ccc(N3C[C@H](C(=O)O)CC3=O)cc2)c1. The number of carboxylic acid groups (broad SMARTS) is 1. The van der Waals surface area contributed by atoms with Crippen LogP contribution in [0.5, 0.6) is 11.5 Å². The topological polar surface area (TPSA) is 66.8 Å². The second kappa shape index (κ2) is 6.35. The van der Waals surface area contributed by atoms with Gasteiger partial charge in [-0.25, -0.2) is 0 Å². The zero-order valence-corrected chi connectivity index (χ0v) is 13.7. The molecule has 2 aromatic rings. The zero-order valence-electron chi connectivity index (χ0n) is 13.7. The average Bonchev–Trinajstić information content (AvgIpc) is 2.89. The molecule has 1 N–H and O–H groups in total. The Balaban J connectivity index is 1.74. The van der Waals surface area contributed by atoms with Crippen LogP contribution >= 0.6 is 0 Å². The summed E-state index contributed by atoms with van der Waals surface area (Å²) in [4.78, 5) is 24.5. The lowest BCUT2D eigenvalue weighted by Crippen LogP contribution is -2.25. The molecule has 0 spiro atoms. The van der Waals surface area contributed by atoms with E-state index < -0.39 is 11.9 Å². The molecule has 0 saturated carbocycles. The lowest BCUT2D eigenvalue weighted by molar-refractivity contribution is -0.141. The fraction of sp³-hybridized carbons (Fsp3) is 0.263. The van der Waals surface area contributed by atoms with Crippen molar-refractivity contribution in [1.29, 1.82) is 0 Å². The summed E-state index contributed by atoms with van der Waals surface area (Å²) in [5, 5.41) is 9.05. The Bertz CT molecular complexity index is 762. The fourth-order valence-corrected chi connectivity index (χ4v) is 2.94.